The Hall–Kier alpha value is -3.00. The quantitative estimate of drug-likeness (QED) is 0.664. The number of nitrogens with one attached hydrogen (secondary N) is 1. The predicted octanol–water partition coefficient (Wildman–Crippen LogP) is 2.93. The molecule has 1 amide bonds. The van der Waals surface area contributed by atoms with Gasteiger partial charge in [0, 0.05) is 16.0 Å². The maximum Gasteiger partial charge on any atom is 0.322 e. The van der Waals surface area contributed by atoms with Crippen molar-refractivity contribution in [1.82, 2.24) is 10.3 Å². The van der Waals surface area contributed by atoms with Crippen LogP contribution in [0.25, 0.3) is 20.5 Å². The van der Waals surface area contributed by atoms with Gasteiger partial charge in [0.2, 0.25) is 0 Å². The molecule has 3 rings (SSSR count). The normalized spacial score (nSPS) is 10.8. The van der Waals surface area contributed by atoms with E-state index in [-0.39, 0.29) is 17.3 Å². The van der Waals surface area contributed by atoms with Crippen LogP contribution in [-0.2, 0) is 4.79 Å². The minimum absolute atomic E-state index is 0.223. The maximum atomic E-state index is 13.1. The van der Waals surface area contributed by atoms with Gasteiger partial charge in [-0.2, -0.15) is 0 Å². The van der Waals surface area contributed by atoms with Gasteiger partial charge in [-0.1, -0.05) is 12.1 Å². The summed E-state index contributed by atoms with van der Waals surface area (Å²) in [6, 6.07) is 7.75. The topological polar surface area (TPSA) is 99.5 Å². The van der Waals surface area contributed by atoms with Crippen LogP contribution in [0.3, 0.4) is 0 Å². The molecule has 128 valence electrons. The highest BCUT2D eigenvalue weighted by molar-refractivity contribution is 7.22. The summed E-state index contributed by atoms with van der Waals surface area (Å²) in [4.78, 5) is 27.5. The average Bonchev–Trinajstić information content (AvgIpc) is 3.03. The third kappa shape index (κ3) is 3.29. The fourth-order valence-corrected chi connectivity index (χ4v) is 3.54. The number of carbonyl (C=O) groups is 2. The monoisotopic (exact) mass is 360 g/mol. The van der Waals surface area contributed by atoms with Crippen molar-refractivity contribution in [2.24, 2.45) is 0 Å². The highest BCUT2D eigenvalue weighted by Crippen LogP contribution is 2.40. The first-order valence-corrected chi connectivity index (χ1v) is 8.07. The molecule has 0 radical (unpaired) electrons. The molecule has 0 aliphatic rings. The van der Waals surface area contributed by atoms with Crippen LogP contribution in [0.1, 0.15) is 16.2 Å². The third-order valence-corrected chi connectivity index (χ3v) is 4.78. The summed E-state index contributed by atoms with van der Waals surface area (Å²) in [5.74, 6) is -2.60. The zero-order chi connectivity index (χ0) is 18.1. The Morgan fingerprint density at radius 1 is 1.28 bits per heavy atom. The van der Waals surface area contributed by atoms with Crippen LogP contribution >= 0.6 is 11.3 Å². The van der Waals surface area contributed by atoms with Gasteiger partial charge in [0.05, 0.1) is 4.70 Å². The van der Waals surface area contributed by atoms with E-state index in [9.17, 15) is 19.1 Å². The van der Waals surface area contributed by atoms with Gasteiger partial charge < -0.3 is 15.5 Å². The van der Waals surface area contributed by atoms with Crippen molar-refractivity contribution in [1.29, 1.82) is 0 Å². The number of hydrogen-bond acceptors (Lipinski definition) is 5. The van der Waals surface area contributed by atoms with Crippen LogP contribution in [0, 0.1) is 12.7 Å². The molecule has 0 spiro atoms. The number of carboxylic acids is 1. The number of aliphatic carboxylic acids is 1. The van der Waals surface area contributed by atoms with E-state index in [1.54, 1.807) is 19.1 Å². The van der Waals surface area contributed by atoms with Crippen molar-refractivity contribution < 1.29 is 24.2 Å². The second kappa shape index (κ2) is 6.48. The van der Waals surface area contributed by atoms with Crippen molar-refractivity contribution in [3.05, 3.63) is 47.5 Å². The number of thiophene rings is 1. The van der Waals surface area contributed by atoms with Crippen molar-refractivity contribution in [2.75, 3.05) is 6.54 Å². The number of benzene rings is 1. The zero-order valence-electron chi connectivity index (χ0n) is 13.0. The van der Waals surface area contributed by atoms with Crippen LogP contribution < -0.4 is 5.32 Å². The Morgan fingerprint density at radius 3 is 2.60 bits per heavy atom. The maximum absolute atomic E-state index is 13.1. The van der Waals surface area contributed by atoms with E-state index in [1.165, 1.54) is 23.5 Å². The van der Waals surface area contributed by atoms with Gasteiger partial charge in [-0.15, -0.1) is 11.3 Å². The molecule has 0 aliphatic carbocycles. The lowest BCUT2D eigenvalue weighted by Gasteiger charge is -2.06. The van der Waals surface area contributed by atoms with E-state index >= 15 is 0 Å². The largest absolute Gasteiger partial charge is 0.504 e. The summed E-state index contributed by atoms with van der Waals surface area (Å²) in [5, 5.41) is 21.9. The summed E-state index contributed by atoms with van der Waals surface area (Å²) in [7, 11) is 0. The van der Waals surface area contributed by atoms with Gasteiger partial charge in [-0.05, 0) is 30.7 Å². The van der Waals surface area contributed by atoms with E-state index in [2.05, 4.69) is 10.3 Å². The Bertz CT molecular complexity index is 982. The summed E-state index contributed by atoms with van der Waals surface area (Å²) >= 11 is 1.24. The lowest BCUT2D eigenvalue weighted by atomic mass is 10.1. The molecule has 0 bridgehead atoms. The smallest absolute Gasteiger partial charge is 0.322 e. The lowest BCUT2D eigenvalue weighted by Crippen LogP contribution is -2.30. The van der Waals surface area contributed by atoms with Crippen molar-refractivity contribution in [3.8, 4) is 16.2 Å². The summed E-state index contributed by atoms with van der Waals surface area (Å²) in [6.45, 7) is 1.12. The minimum atomic E-state index is -1.19. The highest BCUT2D eigenvalue weighted by Gasteiger charge is 2.20. The molecule has 0 saturated heterocycles. The molecule has 2 heterocycles. The van der Waals surface area contributed by atoms with Crippen molar-refractivity contribution in [3.63, 3.8) is 0 Å². The SMILES string of the molecule is Cc1nc(C(=O)NCC(=O)O)c(O)c2sc(-c3ccc(F)cc3)cc12. The van der Waals surface area contributed by atoms with Gasteiger partial charge in [-0.25, -0.2) is 9.37 Å². The second-order valence-electron chi connectivity index (χ2n) is 5.33. The second-order valence-corrected chi connectivity index (χ2v) is 6.38. The minimum Gasteiger partial charge on any atom is -0.504 e. The molecule has 2 aromatic heterocycles. The molecule has 3 N–H and O–H groups in total. The Labute approximate surface area is 145 Å². The number of pyridine rings is 1. The van der Waals surface area contributed by atoms with Crippen LogP contribution in [0.15, 0.2) is 30.3 Å². The van der Waals surface area contributed by atoms with Gasteiger partial charge in [0.15, 0.2) is 11.4 Å². The van der Waals surface area contributed by atoms with Crippen LogP contribution in [-0.4, -0.2) is 33.6 Å². The van der Waals surface area contributed by atoms with Crippen LogP contribution in [0.4, 0.5) is 4.39 Å². The molecule has 0 atom stereocenters. The number of amides is 1. The number of carbonyl (C=O) groups excluding carboxylic acids is 1. The number of aromatic nitrogens is 1. The van der Waals surface area contributed by atoms with Crippen LogP contribution in [0.5, 0.6) is 5.75 Å². The predicted molar refractivity (Wildman–Crippen MR) is 91.4 cm³/mol. The first-order valence-electron chi connectivity index (χ1n) is 7.26. The zero-order valence-corrected chi connectivity index (χ0v) is 13.9. The average molecular weight is 360 g/mol. The summed E-state index contributed by atoms with van der Waals surface area (Å²) in [6.07, 6.45) is 0. The summed E-state index contributed by atoms with van der Waals surface area (Å²) in [5.41, 5.74) is 1.08. The molecule has 0 aliphatic heterocycles. The molecular formula is C17H13FN2O4S. The molecule has 25 heavy (non-hydrogen) atoms. The first-order chi connectivity index (χ1) is 11.9. The molecule has 0 saturated carbocycles. The molecule has 8 heteroatoms. The van der Waals surface area contributed by atoms with Gasteiger partial charge in [0.1, 0.15) is 12.4 Å². The molecular weight excluding hydrogens is 347 g/mol. The first kappa shape index (κ1) is 16.8. The number of carboxylic acid groups (broad SMARTS) is 1. The number of rotatable bonds is 4. The summed E-state index contributed by atoms with van der Waals surface area (Å²) < 4.78 is 13.5. The number of nitrogens with zero attached hydrogens (tertiary/aromatic N) is 1. The van der Waals surface area contributed by atoms with E-state index in [1.807, 2.05) is 6.07 Å². The van der Waals surface area contributed by atoms with E-state index in [0.29, 0.717) is 15.8 Å². The third-order valence-electron chi connectivity index (χ3n) is 3.58. The highest BCUT2D eigenvalue weighted by atomic mass is 32.1. The van der Waals surface area contributed by atoms with E-state index in [4.69, 9.17) is 5.11 Å². The van der Waals surface area contributed by atoms with E-state index < -0.39 is 18.4 Å². The van der Waals surface area contributed by atoms with Gasteiger partial charge in [-0.3, -0.25) is 9.59 Å². The van der Waals surface area contributed by atoms with Crippen LogP contribution in [0.2, 0.25) is 0 Å². The number of fused-ring (bicyclic) bond motifs is 1. The lowest BCUT2D eigenvalue weighted by molar-refractivity contribution is -0.135. The Kier molecular flexibility index (Phi) is 4.37. The molecule has 0 fully saturated rings. The number of halogens is 1. The standard InChI is InChI=1S/C17H13FN2O4S/c1-8-11-6-12(9-2-4-10(18)5-3-9)25-16(11)15(23)14(20-8)17(24)19-7-13(21)22/h2-6,23H,7H2,1H3,(H,19,24)(H,21,22). The molecule has 3 aromatic rings. The number of aromatic hydroxyl groups is 1. The van der Waals surface area contributed by atoms with E-state index in [0.717, 1.165) is 10.4 Å². The number of aryl methyl sites for hydroxylation is 1. The molecule has 1 aromatic carbocycles. The Balaban J connectivity index is 2.06. The Morgan fingerprint density at radius 2 is 1.96 bits per heavy atom. The molecule has 6 nitrogen and oxygen atoms in total. The fraction of sp³-hybridized carbons (Fsp3) is 0.118. The molecule has 0 unspecified atom stereocenters. The van der Waals surface area contributed by atoms with Gasteiger partial charge in [0.25, 0.3) is 5.91 Å². The fourth-order valence-electron chi connectivity index (χ4n) is 2.38. The van der Waals surface area contributed by atoms with Crippen molar-refractivity contribution >= 4 is 33.3 Å². The number of hydrogen-bond donors (Lipinski definition) is 3. The van der Waals surface area contributed by atoms with Gasteiger partial charge >= 0.3 is 5.97 Å². The van der Waals surface area contributed by atoms with Crippen molar-refractivity contribution in [2.45, 2.75) is 6.92 Å².